The van der Waals surface area contributed by atoms with Gasteiger partial charge < -0.3 is 10.2 Å². The molecule has 1 atom stereocenters. The summed E-state index contributed by atoms with van der Waals surface area (Å²) in [5.74, 6) is 0.812. The first-order valence-corrected chi connectivity index (χ1v) is 12.4. The van der Waals surface area contributed by atoms with Crippen LogP contribution in [0, 0.1) is 6.92 Å². The van der Waals surface area contributed by atoms with Gasteiger partial charge >= 0.3 is 0 Å². The zero-order valence-electron chi connectivity index (χ0n) is 18.3. The van der Waals surface area contributed by atoms with Crippen LogP contribution in [0.15, 0.2) is 42.5 Å². The van der Waals surface area contributed by atoms with Crippen molar-refractivity contribution in [1.82, 2.24) is 10.2 Å². The molecule has 7 heteroatoms. The minimum Gasteiger partial charge on any atom is -0.354 e. The van der Waals surface area contributed by atoms with Crippen molar-refractivity contribution in [3.05, 3.63) is 69.2 Å². The van der Waals surface area contributed by atoms with E-state index in [2.05, 4.69) is 30.4 Å². The summed E-state index contributed by atoms with van der Waals surface area (Å²) in [6.45, 7) is 6.82. The van der Waals surface area contributed by atoms with Crippen LogP contribution in [0.3, 0.4) is 0 Å². The van der Waals surface area contributed by atoms with E-state index >= 15 is 0 Å². The van der Waals surface area contributed by atoms with E-state index in [1.165, 1.54) is 11.1 Å². The van der Waals surface area contributed by atoms with Crippen LogP contribution in [0.4, 0.5) is 0 Å². The first-order chi connectivity index (χ1) is 14.8. The molecule has 0 aliphatic rings. The molecule has 4 nitrogen and oxygen atoms in total. The monoisotopic (exact) mass is 480 g/mol. The van der Waals surface area contributed by atoms with Crippen molar-refractivity contribution >= 4 is 46.8 Å². The maximum atomic E-state index is 13.2. The number of carbonyl (C=O) groups is 2. The van der Waals surface area contributed by atoms with Crippen LogP contribution >= 0.6 is 35.0 Å². The highest BCUT2D eigenvalue weighted by atomic mass is 35.5. The van der Waals surface area contributed by atoms with E-state index in [0.29, 0.717) is 23.0 Å². The lowest BCUT2D eigenvalue weighted by atomic mass is 10.1. The van der Waals surface area contributed by atoms with Gasteiger partial charge in [0, 0.05) is 28.9 Å². The third-order valence-electron chi connectivity index (χ3n) is 4.87. The number of benzene rings is 2. The number of nitrogens with one attached hydrogen (secondary N) is 1. The van der Waals surface area contributed by atoms with Gasteiger partial charge in [0.1, 0.15) is 6.04 Å². The third kappa shape index (κ3) is 8.06. The molecule has 0 heterocycles. The summed E-state index contributed by atoms with van der Waals surface area (Å²) in [4.78, 5) is 27.6. The van der Waals surface area contributed by atoms with Crippen LogP contribution < -0.4 is 5.32 Å². The quantitative estimate of drug-likeness (QED) is 0.437. The fraction of sp³-hybridized carbons (Fsp3) is 0.417. The van der Waals surface area contributed by atoms with Crippen molar-refractivity contribution in [2.24, 2.45) is 0 Å². The van der Waals surface area contributed by atoms with Crippen LogP contribution in [0.25, 0.3) is 0 Å². The number of hydrogen-bond acceptors (Lipinski definition) is 3. The van der Waals surface area contributed by atoms with Gasteiger partial charge in [-0.15, -0.1) is 11.8 Å². The van der Waals surface area contributed by atoms with Crippen LogP contribution in [-0.4, -0.2) is 35.1 Å². The number of thioether (sulfide) groups is 1. The molecule has 168 valence electrons. The van der Waals surface area contributed by atoms with E-state index in [1.807, 2.05) is 26.0 Å². The number of hydrogen-bond donors (Lipinski definition) is 1. The molecule has 0 fully saturated rings. The van der Waals surface area contributed by atoms with Gasteiger partial charge in [-0.2, -0.15) is 0 Å². The lowest BCUT2D eigenvalue weighted by molar-refractivity contribution is -0.139. The van der Waals surface area contributed by atoms with Crippen molar-refractivity contribution in [2.75, 3.05) is 12.3 Å². The smallest absolute Gasteiger partial charge is 0.242 e. The van der Waals surface area contributed by atoms with Crippen LogP contribution in [0.2, 0.25) is 10.0 Å². The largest absolute Gasteiger partial charge is 0.354 e. The summed E-state index contributed by atoms with van der Waals surface area (Å²) in [6, 6.07) is 12.9. The van der Waals surface area contributed by atoms with Crippen LogP contribution in [-0.2, 0) is 21.9 Å². The summed E-state index contributed by atoms with van der Waals surface area (Å²) < 4.78 is 0. The second-order valence-electron chi connectivity index (χ2n) is 7.45. The first-order valence-electron chi connectivity index (χ1n) is 10.5. The van der Waals surface area contributed by atoms with Gasteiger partial charge in [0.2, 0.25) is 11.8 Å². The van der Waals surface area contributed by atoms with Crippen LogP contribution in [0.5, 0.6) is 0 Å². The predicted molar refractivity (Wildman–Crippen MR) is 132 cm³/mol. The normalized spacial score (nSPS) is 11.8. The third-order valence-corrected chi connectivity index (χ3v) is 6.44. The number of rotatable bonds is 11. The molecular weight excluding hydrogens is 451 g/mol. The molecule has 0 saturated carbocycles. The number of carbonyl (C=O) groups excluding carboxylic acids is 2. The summed E-state index contributed by atoms with van der Waals surface area (Å²) in [5, 5.41) is 3.95. The fourth-order valence-electron chi connectivity index (χ4n) is 3.26. The molecule has 0 saturated heterocycles. The first kappa shape index (κ1) is 25.6. The standard InChI is InChI=1S/C24H30Cl2N2O2S/c1-4-11-27-24(30)22(5-2)28(14-19-9-10-20(25)13-21(19)26)23(29)16-31-15-18-8-6-7-17(3)12-18/h6-10,12-13,22H,4-5,11,14-16H2,1-3H3,(H,27,30)/t22-/m0/s1. The molecule has 31 heavy (non-hydrogen) atoms. The molecule has 2 amide bonds. The molecule has 0 unspecified atom stereocenters. The molecule has 1 N–H and O–H groups in total. The predicted octanol–water partition coefficient (Wildman–Crippen LogP) is 5.87. The molecule has 0 bridgehead atoms. The van der Waals surface area contributed by atoms with Crippen molar-refractivity contribution in [1.29, 1.82) is 0 Å². The summed E-state index contributed by atoms with van der Waals surface area (Å²) in [7, 11) is 0. The Morgan fingerprint density at radius 1 is 1.13 bits per heavy atom. The molecule has 0 aliphatic heterocycles. The minimum atomic E-state index is -0.551. The molecule has 0 spiro atoms. The van der Waals surface area contributed by atoms with Gasteiger partial charge in [-0.05, 0) is 43.0 Å². The minimum absolute atomic E-state index is 0.0813. The number of amides is 2. The van der Waals surface area contributed by atoms with Gasteiger partial charge in [-0.3, -0.25) is 9.59 Å². The number of halogens is 2. The second-order valence-corrected chi connectivity index (χ2v) is 9.28. The topological polar surface area (TPSA) is 49.4 Å². The van der Waals surface area contributed by atoms with E-state index in [-0.39, 0.29) is 24.1 Å². The summed E-state index contributed by atoms with van der Waals surface area (Å²) >= 11 is 13.9. The van der Waals surface area contributed by atoms with E-state index in [9.17, 15) is 9.59 Å². The Bertz CT molecular complexity index is 892. The van der Waals surface area contributed by atoms with E-state index < -0.39 is 6.04 Å². The SMILES string of the molecule is CCCNC(=O)[C@H](CC)N(Cc1ccc(Cl)cc1Cl)C(=O)CSCc1cccc(C)c1. The summed E-state index contributed by atoms with van der Waals surface area (Å²) in [6.07, 6.45) is 1.36. The highest BCUT2D eigenvalue weighted by molar-refractivity contribution is 7.99. The Morgan fingerprint density at radius 3 is 2.55 bits per heavy atom. The fourth-order valence-corrected chi connectivity index (χ4v) is 4.59. The second kappa shape index (κ2) is 13.0. The van der Waals surface area contributed by atoms with Gasteiger partial charge in [-0.25, -0.2) is 0 Å². The Balaban J connectivity index is 2.16. The Labute approximate surface area is 199 Å². The molecule has 2 aromatic rings. The zero-order chi connectivity index (χ0) is 22.8. The van der Waals surface area contributed by atoms with Gasteiger partial charge in [-0.1, -0.05) is 72.9 Å². The van der Waals surface area contributed by atoms with Gasteiger partial charge in [0.05, 0.1) is 5.75 Å². The van der Waals surface area contributed by atoms with Crippen molar-refractivity contribution in [3.8, 4) is 0 Å². The van der Waals surface area contributed by atoms with Crippen molar-refractivity contribution in [3.63, 3.8) is 0 Å². The molecule has 0 aromatic heterocycles. The van der Waals surface area contributed by atoms with Crippen molar-refractivity contribution in [2.45, 2.75) is 52.0 Å². The Hall–Kier alpha value is -1.69. The maximum absolute atomic E-state index is 13.2. The van der Waals surface area contributed by atoms with Gasteiger partial charge in [0.15, 0.2) is 0 Å². The van der Waals surface area contributed by atoms with E-state index in [0.717, 1.165) is 17.7 Å². The zero-order valence-corrected chi connectivity index (χ0v) is 20.6. The maximum Gasteiger partial charge on any atom is 0.242 e. The average Bonchev–Trinajstić information content (AvgIpc) is 2.73. The number of nitrogens with zero attached hydrogens (tertiary/aromatic N) is 1. The lowest BCUT2D eigenvalue weighted by Crippen LogP contribution is -2.49. The van der Waals surface area contributed by atoms with E-state index in [4.69, 9.17) is 23.2 Å². The summed E-state index contributed by atoms with van der Waals surface area (Å²) in [5.41, 5.74) is 3.14. The molecular formula is C24H30Cl2N2O2S. The molecule has 2 rings (SSSR count). The number of aryl methyl sites for hydroxylation is 1. The van der Waals surface area contributed by atoms with Gasteiger partial charge in [0.25, 0.3) is 0 Å². The molecule has 0 aliphatic carbocycles. The molecule has 2 aromatic carbocycles. The van der Waals surface area contributed by atoms with E-state index in [1.54, 1.807) is 28.8 Å². The van der Waals surface area contributed by atoms with Crippen LogP contribution in [0.1, 0.15) is 43.4 Å². The Kier molecular flexibility index (Phi) is 10.7. The van der Waals surface area contributed by atoms with Crippen molar-refractivity contribution < 1.29 is 9.59 Å². The highest BCUT2D eigenvalue weighted by Gasteiger charge is 2.28. The Morgan fingerprint density at radius 2 is 1.90 bits per heavy atom. The highest BCUT2D eigenvalue weighted by Crippen LogP contribution is 2.24. The average molecular weight is 481 g/mol. The molecule has 0 radical (unpaired) electrons. The lowest BCUT2D eigenvalue weighted by Gasteiger charge is -2.31.